The molecule has 2 heteroatoms. The van der Waals surface area contributed by atoms with E-state index in [0.29, 0.717) is 12.0 Å². The van der Waals surface area contributed by atoms with E-state index in [1.807, 2.05) is 6.07 Å². The van der Waals surface area contributed by atoms with Gasteiger partial charge in [0.2, 0.25) is 0 Å². The van der Waals surface area contributed by atoms with Crippen molar-refractivity contribution in [1.82, 2.24) is 5.32 Å². The number of nitrogens with one attached hydrogen (secondary N) is 1. The Balaban J connectivity index is 2.12. The molecule has 1 aliphatic rings. The normalized spacial score (nSPS) is 21.0. The van der Waals surface area contributed by atoms with E-state index >= 15 is 0 Å². The van der Waals surface area contributed by atoms with Crippen molar-refractivity contribution >= 4 is 0 Å². The molecule has 0 saturated carbocycles. The lowest BCUT2D eigenvalue weighted by Crippen LogP contribution is -2.35. The van der Waals surface area contributed by atoms with Gasteiger partial charge >= 0.3 is 0 Å². The first-order valence-electron chi connectivity index (χ1n) is 6.28. The Morgan fingerprint density at radius 1 is 1.44 bits per heavy atom. The summed E-state index contributed by atoms with van der Waals surface area (Å²) < 4.78 is 5.68. The molecule has 1 N–H and O–H groups in total. The minimum absolute atomic E-state index is 0.532. The fourth-order valence-electron chi connectivity index (χ4n) is 2.40. The van der Waals surface area contributed by atoms with Crippen molar-refractivity contribution < 1.29 is 4.74 Å². The molecule has 0 amide bonds. The third kappa shape index (κ3) is 2.38. The molecule has 0 aliphatic carbocycles. The number of rotatable bonds is 4. The lowest BCUT2D eigenvalue weighted by molar-refractivity contribution is 0.249. The number of hydrogen-bond acceptors (Lipinski definition) is 2. The standard InChI is InChI=1S/C14H21NO/c1-3-9-15-11(2)12-8-10-16-14-7-5-4-6-13(12)14/h4-7,11-12,15H,3,8-10H2,1-2H3. The minimum atomic E-state index is 0.532. The summed E-state index contributed by atoms with van der Waals surface area (Å²) in [5, 5.41) is 3.59. The summed E-state index contributed by atoms with van der Waals surface area (Å²) in [5.41, 5.74) is 1.37. The quantitative estimate of drug-likeness (QED) is 0.840. The van der Waals surface area contributed by atoms with Crippen molar-refractivity contribution in [3.8, 4) is 5.75 Å². The van der Waals surface area contributed by atoms with Gasteiger partial charge in [-0.2, -0.15) is 0 Å². The van der Waals surface area contributed by atoms with E-state index in [4.69, 9.17) is 4.74 Å². The van der Waals surface area contributed by atoms with Gasteiger partial charge in [-0.1, -0.05) is 25.1 Å². The van der Waals surface area contributed by atoms with Gasteiger partial charge in [0, 0.05) is 12.0 Å². The number of fused-ring (bicyclic) bond motifs is 1. The van der Waals surface area contributed by atoms with Crippen molar-refractivity contribution in [3.05, 3.63) is 29.8 Å². The molecule has 88 valence electrons. The zero-order valence-corrected chi connectivity index (χ0v) is 10.2. The summed E-state index contributed by atoms with van der Waals surface area (Å²) in [5.74, 6) is 1.67. The molecular formula is C14H21NO. The summed E-state index contributed by atoms with van der Waals surface area (Å²) in [6.45, 7) is 6.43. The summed E-state index contributed by atoms with van der Waals surface area (Å²) in [4.78, 5) is 0. The van der Waals surface area contributed by atoms with Gasteiger partial charge in [0.25, 0.3) is 0 Å². The van der Waals surface area contributed by atoms with Crippen LogP contribution in [0.25, 0.3) is 0 Å². The van der Waals surface area contributed by atoms with Crippen LogP contribution in [0.3, 0.4) is 0 Å². The smallest absolute Gasteiger partial charge is 0.122 e. The highest BCUT2D eigenvalue weighted by atomic mass is 16.5. The summed E-state index contributed by atoms with van der Waals surface area (Å²) in [7, 11) is 0. The van der Waals surface area contributed by atoms with Crippen LogP contribution in [0.15, 0.2) is 24.3 Å². The van der Waals surface area contributed by atoms with Gasteiger partial charge < -0.3 is 10.1 Å². The van der Waals surface area contributed by atoms with Crippen molar-refractivity contribution in [1.29, 1.82) is 0 Å². The molecule has 2 rings (SSSR count). The number of hydrogen-bond donors (Lipinski definition) is 1. The van der Waals surface area contributed by atoms with Gasteiger partial charge in [-0.25, -0.2) is 0 Å². The fourth-order valence-corrected chi connectivity index (χ4v) is 2.40. The molecular weight excluding hydrogens is 198 g/mol. The highest BCUT2D eigenvalue weighted by Crippen LogP contribution is 2.35. The van der Waals surface area contributed by atoms with E-state index in [0.717, 1.165) is 25.3 Å². The van der Waals surface area contributed by atoms with E-state index < -0.39 is 0 Å². The maximum absolute atomic E-state index is 5.68. The molecule has 16 heavy (non-hydrogen) atoms. The molecule has 2 unspecified atom stereocenters. The average Bonchev–Trinajstić information content (AvgIpc) is 2.35. The number of para-hydroxylation sites is 1. The minimum Gasteiger partial charge on any atom is -0.493 e. The Labute approximate surface area is 98.0 Å². The number of ether oxygens (including phenoxy) is 1. The van der Waals surface area contributed by atoms with Crippen molar-refractivity contribution in [2.75, 3.05) is 13.2 Å². The third-order valence-corrected chi connectivity index (χ3v) is 3.32. The van der Waals surface area contributed by atoms with Gasteiger partial charge in [-0.15, -0.1) is 0 Å². The van der Waals surface area contributed by atoms with Gasteiger partial charge in [0.05, 0.1) is 6.61 Å². The monoisotopic (exact) mass is 219 g/mol. The second-order valence-corrected chi connectivity index (χ2v) is 4.52. The zero-order valence-electron chi connectivity index (χ0n) is 10.2. The van der Waals surface area contributed by atoms with Crippen LogP contribution in [0.4, 0.5) is 0 Å². The molecule has 0 bridgehead atoms. The Kier molecular flexibility index (Phi) is 3.83. The van der Waals surface area contributed by atoms with Crippen LogP contribution in [0, 0.1) is 0 Å². The van der Waals surface area contributed by atoms with E-state index in [1.165, 1.54) is 12.0 Å². The van der Waals surface area contributed by atoms with Crippen LogP contribution >= 0.6 is 0 Å². The molecule has 0 fully saturated rings. The molecule has 0 aromatic heterocycles. The Hall–Kier alpha value is -1.02. The van der Waals surface area contributed by atoms with Crippen LogP contribution in [0.1, 0.15) is 38.2 Å². The molecule has 1 aromatic rings. The van der Waals surface area contributed by atoms with Gasteiger partial charge in [-0.05, 0) is 37.9 Å². The average molecular weight is 219 g/mol. The van der Waals surface area contributed by atoms with Crippen molar-refractivity contribution in [3.63, 3.8) is 0 Å². The topological polar surface area (TPSA) is 21.3 Å². The zero-order chi connectivity index (χ0) is 11.4. The first-order valence-corrected chi connectivity index (χ1v) is 6.28. The van der Waals surface area contributed by atoms with Crippen LogP contribution in [0.5, 0.6) is 5.75 Å². The Morgan fingerprint density at radius 3 is 3.06 bits per heavy atom. The lowest BCUT2D eigenvalue weighted by atomic mass is 9.87. The second kappa shape index (κ2) is 5.35. The van der Waals surface area contributed by atoms with Crippen LogP contribution in [-0.2, 0) is 0 Å². The largest absolute Gasteiger partial charge is 0.493 e. The molecule has 0 radical (unpaired) electrons. The van der Waals surface area contributed by atoms with Crippen LogP contribution in [0.2, 0.25) is 0 Å². The van der Waals surface area contributed by atoms with Gasteiger partial charge in [-0.3, -0.25) is 0 Å². The first-order chi connectivity index (χ1) is 7.83. The maximum atomic E-state index is 5.68. The van der Waals surface area contributed by atoms with E-state index in [-0.39, 0.29) is 0 Å². The summed E-state index contributed by atoms with van der Waals surface area (Å²) >= 11 is 0. The van der Waals surface area contributed by atoms with E-state index in [2.05, 4.69) is 37.4 Å². The number of benzene rings is 1. The fraction of sp³-hybridized carbons (Fsp3) is 0.571. The predicted octanol–water partition coefficient (Wildman–Crippen LogP) is 2.94. The van der Waals surface area contributed by atoms with Crippen LogP contribution in [-0.4, -0.2) is 19.2 Å². The molecule has 1 aromatic carbocycles. The third-order valence-electron chi connectivity index (χ3n) is 3.32. The van der Waals surface area contributed by atoms with Crippen LogP contribution < -0.4 is 10.1 Å². The molecule has 0 saturated heterocycles. The Morgan fingerprint density at radius 2 is 2.25 bits per heavy atom. The maximum Gasteiger partial charge on any atom is 0.122 e. The molecule has 1 aliphatic heterocycles. The predicted molar refractivity (Wildman–Crippen MR) is 67.1 cm³/mol. The summed E-state index contributed by atoms with van der Waals surface area (Å²) in [6.07, 6.45) is 2.31. The summed E-state index contributed by atoms with van der Waals surface area (Å²) in [6, 6.07) is 8.96. The van der Waals surface area contributed by atoms with Gasteiger partial charge in [0.15, 0.2) is 0 Å². The van der Waals surface area contributed by atoms with E-state index in [9.17, 15) is 0 Å². The SMILES string of the molecule is CCCNC(C)C1CCOc2ccccc21. The molecule has 1 heterocycles. The molecule has 2 nitrogen and oxygen atoms in total. The highest BCUT2D eigenvalue weighted by molar-refractivity contribution is 5.38. The second-order valence-electron chi connectivity index (χ2n) is 4.52. The molecule has 0 spiro atoms. The van der Waals surface area contributed by atoms with Crippen molar-refractivity contribution in [2.45, 2.75) is 38.6 Å². The highest BCUT2D eigenvalue weighted by Gasteiger charge is 2.25. The van der Waals surface area contributed by atoms with Crippen molar-refractivity contribution in [2.24, 2.45) is 0 Å². The van der Waals surface area contributed by atoms with E-state index in [1.54, 1.807) is 0 Å². The first kappa shape index (κ1) is 11.5. The van der Waals surface area contributed by atoms with Gasteiger partial charge in [0.1, 0.15) is 5.75 Å². The molecule has 2 atom stereocenters. The Bertz CT molecular complexity index is 337. The lowest BCUT2D eigenvalue weighted by Gasteiger charge is -2.30.